The molecule has 3 aromatic carbocycles. The molecule has 0 aliphatic carbocycles. The summed E-state index contributed by atoms with van der Waals surface area (Å²) in [4.78, 5) is 0. The second kappa shape index (κ2) is 7.84. The molecule has 3 rings (SSSR count). The van der Waals surface area contributed by atoms with Crippen molar-refractivity contribution in [2.24, 2.45) is 0 Å². The second-order valence-electron chi connectivity index (χ2n) is 5.40. The lowest BCUT2D eigenvalue weighted by molar-refractivity contribution is 0.306. The van der Waals surface area contributed by atoms with E-state index in [1.807, 2.05) is 54.6 Å². The van der Waals surface area contributed by atoms with E-state index in [9.17, 15) is 4.39 Å². The van der Waals surface area contributed by atoms with Gasteiger partial charge in [-0.15, -0.1) is 0 Å². The number of hydrogen-bond acceptors (Lipinski definition) is 2. The van der Waals surface area contributed by atoms with Gasteiger partial charge in [-0.2, -0.15) is 0 Å². The molecule has 0 spiro atoms. The largest absolute Gasteiger partial charge is 0.489 e. The van der Waals surface area contributed by atoms with Crippen LogP contribution < -0.4 is 10.1 Å². The Morgan fingerprint density at radius 1 is 0.875 bits per heavy atom. The highest BCUT2D eigenvalue weighted by Crippen LogP contribution is 2.20. The summed E-state index contributed by atoms with van der Waals surface area (Å²) in [6.45, 7) is 1.17. The first-order chi connectivity index (χ1) is 11.7. The van der Waals surface area contributed by atoms with Crippen molar-refractivity contribution in [1.82, 2.24) is 0 Å². The lowest BCUT2D eigenvalue weighted by Crippen LogP contribution is -2.00. The van der Waals surface area contributed by atoms with E-state index in [4.69, 9.17) is 16.3 Å². The summed E-state index contributed by atoms with van der Waals surface area (Å²) in [7, 11) is 0. The van der Waals surface area contributed by atoms with E-state index >= 15 is 0 Å². The first-order valence-corrected chi connectivity index (χ1v) is 8.03. The van der Waals surface area contributed by atoms with Crippen LogP contribution in [0.5, 0.6) is 5.75 Å². The van der Waals surface area contributed by atoms with Crippen molar-refractivity contribution in [2.45, 2.75) is 13.2 Å². The Morgan fingerprint density at radius 3 is 2.33 bits per heavy atom. The van der Waals surface area contributed by atoms with Crippen LogP contribution >= 0.6 is 11.6 Å². The Kier molecular flexibility index (Phi) is 5.34. The van der Waals surface area contributed by atoms with E-state index in [2.05, 4.69) is 5.32 Å². The third kappa shape index (κ3) is 4.49. The highest BCUT2D eigenvalue weighted by molar-refractivity contribution is 6.31. The lowest BCUT2D eigenvalue weighted by atomic mass is 10.2. The molecule has 0 unspecified atom stereocenters. The highest BCUT2D eigenvalue weighted by atomic mass is 35.5. The molecule has 0 atom stereocenters. The molecule has 0 aliphatic rings. The molecule has 0 fully saturated rings. The molecule has 0 amide bonds. The number of rotatable bonds is 6. The number of benzene rings is 3. The van der Waals surface area contributed by atoms with E-state index < -0.39 is 5.82 Å². The molecule has 122 valence electrons. The Bertz CT molecular complexity index is 790. The van der Waals surface area contributed by atoms with Crippen LogP contribution in [0.15, 0.2) is 72.8 Å². The van der Waals surface area contributed by atoms with Gasteiger partial charge in [0.25, 0.3) is 0 Å². The number of hydrogen-bond donors (Lipinski definition) is 1. The second-order valence-corrected chi connectivity index (χ2v) is 5.81. The van der Waals surface area contributed by atoms with Crippen molar-refractivity contribution >= 4 is 17.3 Å². The van der Waals surface area contributed by atoms with E-state index in [0.717, 1.165) is 22.6 Å². The maximum absolute atomic E-state index is 13.1. The molecule has 0 aliphatic heterocycles. The van der Waals surface area contributed by atoms with Gasteiger partial charge in [0.1, 0.15) is 18.2 Å². The Morgan fingerprint density at radius 2 is 1.62 bits per heavy atom. The highest BCUT2D eigenvalue weighted by Gasteiger charge is 2.01. The zero-order valence-corrected chi connectivity index (χ0v) is 13.8. The van der Waals surface area contributed by atoms with Gasteiger partial charge < -0.3 is 10.1 Å². The van der Waals surface area contributed by atoms with E-state index in [0.29, 0.717) is 13.2 Å². The third-order valence-corrected chi connectivity index (χ3v) is 3.88. The minimum Gasteiger partial charge on any atom is -0.489 e. The van der Waals surface area contributed by atoms with Crippen molar-refractivity contribution in [2.75, 3.05) is 5.32 Å². The zero-order chi connectivity index (χ0) is 16.8. The number of nitrogens with one attached hydrogen (secondary N) is 1. The van der Waals surface area contributed by atoms with Crippen LogP contribution in [0.1, 0.15) is 11.1 Å². The minimum absolute atomic E-state index is 0.115. The van der Waals surface area contributed by atoms with Gasteiger partial charge in [0.2, 0.25) is 0 Å². The van der Waals surface area contributed by atoms with E-state index in [-0.39, 0.29) is 5.02 Å². The molecule has 0 saturated carbocycles. The average Bonchev–Trinajstić information content (AvgIpc) is 2.63. The fourth-order valence-electron chi connectivity index (χ4n) is 2.25. The molecule has 1 N–H and O–H groups in total. The van der Waals surface area contributed by atoms with Crippen molar-refractivity contribution in [1.29, 1.82) is 0 Å². The number of halogens is 2. The average molecular weight is 342 g/mol. The maximum Gasteiger partial charge on any atom is 0.141 e. The van der Waals surface area contributed by atoms with Crippen molar-refractivity contribution in [3.05, 3.63) is 94.8 Å². The molecular formula is C20H17ClFNO. The molecular weight excluding hydrogens is 325 g/mol. The summed E-state index contributed by atoms with van der Waals surface area (Å²) in [6, 6.07) is 22.5. The van der Waals surface area contributed by atoms with Gasteiger partial charge in [-0.3, -0.25) is 0 Å². The van der Waals surface area contributed by atoms with Crippen LogP contribution in [-0.4, -0.2) is 0 Å². The van der Waals surface area contributed by atoms with Gasteiger partial charge in [0, 0.05) is 12.2 Å². The summed E-state index contributed by atoms with van der Waals surface area (Å²) < 4.78 is 18.9. The molecule has 0 bridgehead atoms. The zero-order valence-electron chi connectivity index (χ0n) is 13.0. The molecule has 0 aromatic heterocycles. The summed E-state index contributed by atoms with van der Waals surface area (Å²) in [5, 5.41) is 3.33. The van der Waals surface area contributed by atoms with Gasteiger partial charge >= 0.3 is 0 Å². The van der Waals surface area contributed by atoms with Gasteiger partial charge in [0.15, 0.2) is 0 Å². The van der Waals surface area contributed by atoms with Crippen LogP contribution in [0.2, 0.25) is 5.02 Å². The monoisotopic (exact) mass is 341 g/mol. The van der Waals surface area contributed by atoms with Gasteiger partial charge in [0.05, 0.1) is 5.02 Å². The molecule has 0 heterocycles. The molecule has 24 heavy (non-hydrogen) atoms. The van der Waals surface area contributed by atoms with Gasteiger partial charge in [-0.05, 0) is 41.5 Å². The van der Waals surface area contributed by atoms with Crippen LogP contribution in [0, 0.1) is 5.82 Å². The third-order valence-electron chi connectivity index (χ3n) is 3.59. The van der Waals surface area contributed by atoms with Crippen LogP contribution in [-0.2, 0) is 13.2 Å². The van der Waals surface area contributed by atoms with Gasteiger partial charge in [-0.25, -0.2) is 4.39 Å². The standard InChI is InChI=1S/C20H17ClFNO/c21-19-12-17(8-11-20(19)22)23-13-15-6-9-18(10-7-15)24-14-16-4-2-1-3-5-16/h1-12,23H,13-14H2. The predicted octanol–water partition coefficient (Wildman–Crippen LogP) is 5.67. The molecule has 4 heteroatoms. The Labute approximate surface area is 145 Å². The minimum atomic E-state index is -0.415. The fourth-order valence-corrected chi connectivity index (χ4v) is 2.44. The molecule has 0 radical (unpaired) electrons. The number of ether oxygens (including phenoxy) is 1. The van der Waals surface area contributed by atoms with E-state index in [1.54, 1.807) is 12.1 Å². The lowest BCUT2D eigenvalue weighted by Gasteiger charge is -2.09. The first kappa shape index (κ1) is 16.3. The normalized spacial score (nSPS) is 10.4. The first-order valence-electron chi connectivity index (χ1n) is 7.65. The fraction of sp³-hybridized carbons (Fsp3) is 0.100. The van der Waals surface area contributed by atoms with E-state index in [1.165, 1.54) is 6.07 Å². The predicted molar refractivity (Wildman–Crippen MR) is 96.0 cm³/mol. The maximum atomic E-state index is 13.1. The van der Waals surface area contributed by atoms with Crippen molar-refractivity contribution in [3.63, 3.8) is 0 Å². The summed E-state index contributed by atoms with van der Waals surface area (Å²) in [5.41, 5.74) is 3.02. The van der Waals surface area contributed by atoms with Gasteiger partial charge in [-0.1, -0.05) is 54.1 Å². The smallest absolute Gasteiger partial charge is 0.141 e. The molecule has 0 saturated heterocycles. The van der Waals surface area contributed by atoms with Crippen LogP contribution in [0.25, 0.3) is 0 Å². The Hall–Kier alpha value is -2.52. The van der Waals surface area contributed by atoms with Crippen LogP contribution in [0.4, 0.5) is 10.1 Å². The summed E-state index contributed by atoms with van der Waals surface area (Å²) >= 11 is 5.77. The molecule has 3 aromatic rings. The van der Waals surface area contributed by atoms with Crippen molar-refractivity contribution < 1.29 is 9.13 Å². The SMILES string of the molecule is Fc1ccc(NCc2ccc(OCc3ccccc3)cc2)cc1Cl. The van der Waals surface area contributed by atoms with Crippen molar-refractivity contribution in [3.8, 4) is 5.75 Å². The quantitative estimate of drug-likeness (QED) is 0.623. The topological polar surface area (TPSA) is 21.3 Å². The Balaban J connectivity index is 1.53. The summed E-state index contributed by atoms with van der Waals surface area (Å²) in [6.07, 6.45) is 0. The number of anilines is 1. The molecule has 2 nitrogen and oxygen atoms in total. The summed E-state index contributed by atoms with van der Waals surface area (Å²) in [5.74, 6) is 0.412. The van der Waals surface area contributed by atoms with Crippen LogP contribution in [0.3, 0.4) is 0 Å².